The molecule has 2 rings (SSSR count). The molecule has 0 radical (unpaired) electrons. The third-order valence-corrected chi connectivity index (χ3v) is 4.21. The van der Waals surface area contributed by atoms with Gasteiger partial charge in [-0.3, -0.25) is 9.78 Å². The summed E-state index contributed by atoms with van der Waals surface area (Å²) in [6.45, 7) is 5.88. The molecule has 1 aromatic carbocycles. The molecule has 0 bridgehead atoms. The van der Waals surface area contributed by atoms with Crippen molar-refractivity contribution >= 4 is 34.8 Å². The predicted molar refractivity (Wildman–Crippen MR) is 91.9 cm³/mol. The number of hydrogen-bond acceptors (Lipinski definition) is 2. The quantitative estimate of drug-likeness (QED) is 0.875. The van der Waals surface area contributed by atoms with Gasteiger partial charge in [0.15, 0.2) is 0 Å². The van der Waals surface area contributed by atoms with E-state index in [1.54, 1.807) is 12.3 Å². The van der Waals surface area contributed by atoms with Crippen LogP contribution in [0.15, 0.2) is 24.4 Å². The molecule has 0 spiro atoms. The van der Waals surface area contributed by atoms with Crippen LogP contribution < -0.4 is 5.32 Å². The van der Waals surface area contributed by atoms with Crippen LogP contribution in [0, 0.1) is 13.8 Å². The lowest BCUT2D eigenvalue weighted by atomic mass is 10.00. The third kappa shape index (κ3) is 3.79. The number of carbonyl (C=O) groups excluding carboxylic acids is 1. The van der Waals surface area contributed by atoms with Gasteiger partial charge in [-0.2, -0.15) is 0 Å². The van der Waals surface area contributed by atoms with Gasteiger partial charge >= 0.3 is 0 Å². The van der Waals surface area contributed by atoms with Crippen LogP contribution in [0.3, 0.4) is 0 Å². The number of hydrogen-bond donors (Lipinski definition) is 1. The molecule has 22 heavy (non-hydrogen) atoms. The van der Waals surface area contributed by atoms with Gasteiger partial charge in [0.05, 0.1) is 22.8 Å². The van der Waals surface area contributed by atoms with Gasteiger partial charge in [0, 0.05) is 11.2 Å². The molecule has 0 unspecified atom stereocenters. The molecule has 1 amide bonds. The van der Waals surface area contributed by atoms with Crippen molar-refractivity contribution in [2.45, 2.75) is 33.6 Å². The van der Waals surface area contributed by atoms with Crippen molar-refractivity contribution in [1.29, 1.82) is 0 Å². The Kier molecular flexibility index (Phi) is 5.43. The Morgan fingerprint density at radius 2 is 1.86 bits per heavy atom. The summed E-state index contributed by atoms with van der Waals surface area (Å²) < 4.78 is 0. The van der Waals surface area contributed by atoms with Gasteiger partial charge in [0.1, 0.15) is 0 Å². The Bertz CT molecular complexity index is 691. The van der Waals surface area contributed by atoms with Crippen LogP contribution in [-0.2, 0) is 17.6 Å². The van der Waals surface area contributed by atoms with Crippen molar-refractivity contribution in [1.82, 2.24) is 4.98 Å². The normalized spacial score (nSPS) is 10.6. The van der Waals surface area contributed by atoms with Gasteiger partial charge < -0.3 is 5.32 Å². The topological polar surface area (TPSA) is 42.0 Å². The minimum atomic E-state index is -0.108. The lowest BCUT2D eigenvalue weighted by Crippen LogP contribution is -2.16. The van der Waals surface area contributed by atoms with Crippen LogP contribution in [-0.4, -0.2) is 10.9 Å². The summed E-state index contributed by atoms with van der Waals surface area (Å²) in [5.41, 5.74) is 4.38. The molecular weight excluding hydrogens is 319 g/mol. The summed E-state index contributed by atoms with van der Waals surface area (Å²) in [4.78, 5) is 16.5. The van der Waals surface area contributed by atoms with Crippen LogP contribution in [0.4, 0.5) is 5.69 Å². The maximum absolute atomic E-state index is 12.3. The van der Waals surface area contributed by atoms with E-state index in [9.17, 15) is 4.79 Å². The highest BCUT2D eigenvalue weighted by Gasteiger charge is 2.13. The summed E-state index contributed by atoms with van der Waals surface area (Å²) in [6.07, 6.45) is 2.66. The molecule has 0 atom stereocenters. The van der Waals surface area contributed by atoms with Gasteiger partial charge in [-0.05, 0) is 55.2 Å². The van der Waals surface area contributed by atoms with Crippen molar-refractivity contribution in [3.63, 3.8) is 0 Å². The molecule has 0 fully saturated rings. The molecule has 3 nitrogen and oxygen atoms in total. The fourth-order valence-electron chi connectivity index (χ4n) is 2.40. The molecule has 1 aromatic heterocycles. The van der Waals surface area contributed by atoms with Crippen LogP contribution >= 0.6 is 23.2 Å². The van der Waals surface area contributed by atoms with E-state index >= 15 is 0 Å². The molecule has 0 aliphatic carbocycles. The number of rotatable bonds is 4. The number of nitrogens with zero attached hydrogens (tertiary/aromatic N) is 1. The van der Waals surface area contributed by atoms with Crippen molar-refractivity contribution < 1.29 is 4.79 Å². The average molecular weight is 337 g/mol. The van der Waals surface area contributed by atoms with Gasteiger partial charge in [-0.25, -0.2) is 0 Å². The van der Waals surface area contributed by atoms with Crippen LogP contribution in [0.2, 0.25) is 10.0 Å². The second-order valence-electron chi connectivity index (χ2n) is 5.22. The summed E-state index contributed by atoms with van der Waals surface area (Å²) in [5, 5.41) is 4.05. The first-order valence-electron chi connectivity index (χ1n) is 7.11. The van der Waals surface area contributed by atoms with Crippen molar-refractivity contribution in [2.75, 3.05) is 5.32 Å². The molecule has 0 saturated carbocycles. The smallest absolute Gasteiger partial charge is 0.228 e. The Morgan fingerprint density at radius 3 is 2.45 bits per heavy atom. The zero-order valence-electron chi connectivity index (χ0n) is 12.8. The van der Waals surface area contributed by atoms with E-state index in [4.69, 9.17) is 23.2 Å². The van der Waals surface area contributed by atoms with Gasteiger partial charge in [0.2, 0.25) is 5.91 Å². The predicted octanol–water partition coefficient (Wildman–Crippen LogP) is 4.75. The fraction of sp³-hybridized carbons (Fsp3) is 0.294. The van der Waals surface area contributed by atoms with E-state index in [-0.39, 0.29) is 12.3 Å². The number of aromatic nitrogens is 1. The van der Waals surface area contributed by atoms with Crippen molar-refractivity contribution in [3.05, 3.63) is 56.8 Å². The molecule has 1 heterocycles. The Labute approximate surface area is 140 Å². The highest BCUT2D eigenvalue weighted by atomic mass is 35.5. The third-order valence-electron chi connectivity index (χ3n) is 3.57. The van der Waals surface area contributed by atoms with Crippen LogP contribution in [0.25, 0.3) is 0 Å². The number of carbonyl (C=O) groups is 1. The molecule has 0 aliphatic heterocycles. The average Bonchev–Trinajstić information content (AvgIpc) is 2.45. The summed E-state index contributed by atoms with van der Waals surface area (Å²) in [5.74, 6) is -0.108. The molecule has 0 aliphatic rings. The summed E-state index contributed by atoms with van der Waals surface area (Å²) in [7, 11) is 0. The first-order valence-corrected chi connectivity index (χ1v) is 7.86. The summed E-state index contributed by atoms with van der Waals surface area (Å²) in [6, 6.07) is 5.44. The standard InChI is InChI=1S/C17H18Cl2N2O/c1-4-14-17(19)15(5-6-20-14)21-16(22)9-13-10(2)7-12(18)8-11(13)3/h5-8H,4,9H2,1-3H3,(H,20,21,22). The molecule has 116 valence electrons. The second-order valence-corrected chi connectivity index (χ2v) is 6.03. The molecule has 5 heteroatoms. The van der Waals surface area contributed by atoms with Gasteiger partial charge in [-0.15, -0.1) is 0 Å². The van der Waals surface area contributed by atoms with E-state index in [0.29, 0.717) is 15.7 Å². The molecule has 2 aromatic rings. The fourth-order valence-corrected chi connectivity index (χ4v) is 3.02. The van der Waals surface area contributed by atoms with Crippen LogP contribution in [0.5, 0.6) is 0 Å². The van der Waals surface area contributed by atoms with E-state index < -0.39 is 0 Å². The zero-order valence-corrected chi connectivity index (χ0v) is 14.3. The minimum absolute atomic E-state index is 0.108. The lowest BCUT2D eigenvalue weighted by molar-refractivity contribution is -0.115. The molecule has 0 saturated heterocycles. The molecular formula is C17H18Cl2N2O. The van der Waals surface area contributed by atoms with E-state index in [0.717, 1.165) is 28.8 Å². The van der Waals surface area contributed by atoms with Gasteiger partial charge in [-0.1, -0.05) is 30.1 Å². The first kappa shape index (κ1) is 16.8. The van der Waals surface area contributed by atoms with Gasteiger partial charge in [0.25, 0.3) is 0 Å². The van der Waals surface area contributed by atoms with Crippen molar-refractivity contribution in [3.8, 4) is 0 Å². The van der Waals surface area contributed by atoms with Crippen molar-refractivity contribution in [2.24, 2.45) is 0 Å². The first-order chi connectivity index (χ1) is 10.4. The SMILES string of the molecule is CCc1nccc(NC(=O)Cc2c(C)cc(Cl)cc2C)c1Cl. The second kappa shape index (κ2) is 7.12. The highest BCUT2D eigenvalue weighted by molar-refractivity contribution is 6.34. The number of aryl methyl sites for hydroxylation is 3. The maximum atomic E-state index is 12.3. The number of pyridine rings is 1. The largest absolute Gasteiger partial charge is 0.324 e. The lowest BCUT2D eigenvalue weighted by Gasteiger charge is -2.12. The minimum Gasteiger partial charge on any atom is -0.324 e. The Hall–Kier alpha value is -1.58. The van der Waals surface area contributed by atoms with E-state index in [1.165, 1.54) is 0 Å². The molecule has 1 N–H and O–H groups in total. The summed E-state index contributed by atoms with van der Waals surface area (Å²) >= 11 is 12.3. The number of anilines is 1. The van der Waals surface area contributed by atoms with E-state index in [2.05, 4.69) is 10.3 Å². The zero-order chi connectivity index (χ0) is 16.3. The monoisotopic (exact) mass is 336 g/mol. The van der Waals surface area contributed by atoms with Crippen LogP contribution in [0.1, 0.15) is 29.3 Å². The Balaban J connectivity index is 2.18. The number of benzene rings is 1. The number of nitrogens with one attached hydrogen (secondary N) is 1. The highest BCUT2D eigenvalue weighted by Crippen LogP contribution is 2.25. The number of halogens is 2. The number of amides is 1. The Morgan fingerprint density at radius 1 is 1.23 bits per heavy atom. The van der Waals surface area contributed by atoms with E-state index in [1.807, 2.05) is 32.9 Å². The maximum Gasteiger partial charge on any atom is 0.228 e.